The van der Waals surface area contributed by atoms with E-state index in [1.165, 1.54) is 0 Å². The van der Waals surface area contributed by atoms with Gasteiger partial charge in [-0.2, -0.15) is 0 Å². The minimum absolute atomic E-state index is 0.448. The summed E-state index contributed by atoms with van der Waals surface area (Å²) in [6, 6.07) is 6.45. The van der Waals surface area contributed by atoms with Crippen LogP contribution in [0.25, 0.3) is 0 Å². The van der Waals surface area contributed by atoms with Crippen molar-refractivity contribution in [1.82, 2.24) is 0 Å². The first kappa shape index (κ1) is 10.5. The van der Waals surface area contributed by atoms with Gasteiger partial charge in [0.25, 0.3) is 0 Å². The van der Waals surface area contributed by atoms with E-state index in [1.807, 2.05) is 0 Å². The van der Waals surface area contributed by atoms with Gasteiger partial charge in [0.15, 0.2) is 0 Å². The van der Waals surface area contributed by atoms with Crippen LogP contribution < -0.4 is 0 Å². The van der Waals surface area contributed by atoms with Crippen molar-refractivity contribution in [3.8, 4) is 0 Å². The first-order valence-corrected chi connectivity index (χ1v) is 4.22. The molecule has 1 nitrogen and oxygen atoms in total. The van der Waals surface area contributed by atoms with Crippen LogP contribution in [0.3, 0.4) is 0 Å². The van der Waals surface area contributed by atoms with Crippen molar-refractivity contribution < 1.29 is 17.9 Å². The maximum absolute atomic E-state index is 11.6. The van der Waals surface area contributed by atoms with E-state index in [0.29, 0.717) is 5.56 Å². The van der Waals surface area contributed by atoms with Crippen LogP contribution in [0.5, 0.6) is 0 Å². The Balaban J connectivity index is 2.51. The first-order valence-electron chi connectivity index (χ1n) is 3.42. The van der Waals surface area contributed by atoms with E-state index in [2.05, 4.69) is 20.7 Å². The number of benzene rings is 1. The van der Waals surface area contributed by atoms with E-state index in [4.69, 9.17) is 0 Å². The van der Waals surface area contributed by atoms with Crippen LogP contribution in [-0.2, 0) is 11.3 Å². The molecule has 0 bridgehead atoms. The molecule has 0 amide bonds. The van der Waals surface area contributed by atoms with Gasteiger partial charge in [0.1, 0.15) is 0 Å². The Labute approximate surface area is 81.6 Å². The van der Waals surface area contributed by atoms with E-state index in [9.17, 15) is 13.2 Å². The summed E-state index contributed by atoms with van der Waals surface area (Å²) in [5.41, 5.74) is 0.487. The van der Waals surface area contributed by atoms with E-state index in [-0.39, 0.29) is 0 Å². The minimum Gasteiger partial charge on any atom is -0.287 e. The number of halogens is 4. The fourth-order valence-corrected chi connectivity index (χ4v) is 1.01. The SMILES string of the molecule is FC(F)(F)OCc1ccc(Br)cc1. The van der Waals surface area contributed by atoms with Crippen molar-refractivity contribution >= 4 is 15.9 Å². The van der Waals surface area contributed by atoms with Gasteiger partial charge in [-0.25, -0.2) is 0 Å². The molecule has 1 aromatic rings. The lowest BCUT2D eigenvalue weighted by molar-refractivity contribution is -0.330. The monoisotopic (exact) mass is 254 g/mol. The average molecular weight is 255 g/mol. The van der Waals surface area contributed by atoms with Crippen molar-refractivity contribution in [2.75, 3.05) is 0 Å². The molecule has 13 heavy (non-hydrogen) atoms. The highest BCUT2D eigenvalue weighted by Gasteiger charge is 2.28. The van der Waals surface area contributed by atoms with Crippen molar-refractivity contribution in [3.63, 3.8) is 0 Å². The topological polar surface area (TPSA) is 9.23 Å². The van der Waals surface area contributed by atoms with E-state index >= 15 is 0 Å². The van der Waals surface area contributed by atoms with Crippen molar-refractivity contribution in [2.24, 2.45) is 0 Å². The molecule has 0 unspecified atom stereocenters. The minimum atomic E-state index is -4.56. The summed E-state index contributed by atoms with van der Waals surface area (Å²) in [6.07, 6.45) is -4.56. The zero-order valence-corrected chi connectivity index (χ0v) is 8.02. The largest absolute Gasteiger partial charge is 0.522 e. The lowest BCUT2D eigenvalue weighted by Crippen LogP contribution is -2.12. The average Bonchev–Trinajstić information content (AvgIpc) is 2.02. The van der Waals surface area contributed by atoms with Crippen LogP contribution in [0.15, 0.2) is 28.7 Å². The molecule has 1 rings (SSSR count). The molecule has 0 aromatic heterocycles. The Morgan fingerprint density at radius 1 is 1.15 bits per heavy atom. The second kappa shape index (κ2) is 4.11. The smallest absolute Gasteiger partial charge is 0.287 e. The van der Waals surface area contributed by atoms with E-state index in [1.54, 1.807) is 24.3 Å². The molecular formula is C8H6BrF3O. The lowest BCUT2D eigenvalue weighted by atomic mass is 10.2. The molecule has 0 heterocycles. The molecule has 5 heteroatoms. The van der Waals surface area contributed by atoms with Crippen molar-refractivity contribution in [1.29, 1.82) is 0 Å². The Kier molecular flexibility index (Phi) is 3.33. The number of ether oxygens (including phenoxy) is 1. The van der Waals surface area contributed by atoms with Crippen LogP contribution in [0.4, 0.5) is 13.2 Å². The zero-order chi connectivity index (χ0) is 9.90. The van der Waals surface area contributed by atoms with Crippen LogP contribution in [-0.4, -0.2) is 6.36 Å². The molecule has 0 fully saturated rings. The first-order chi connectivity index (χ1) is 5.97. The van der Waals surface area contributed by atoms with Crippen LogP contribution >= 0.6 is 15.9 Å². The maximum atomic E-state index is 11.6. The fraction of sp³-hybridized carbons (Fsp3) is 0.250. The molecule has 1 aromatic carbocycles. The Bertz CT molecular complexity index is 268. The summed E-state index contributed by atoms with van der Waals surface area (Å²) < 4.78 is 39.2. The van der Waals surface area contributed by atoms with Gasteiger partial charge in [0.05, 0.1) is 6.61 Å². The van der Waals surface area contributed by atoms with Gasteiger partial charge in [0, 0.05) is 4.47 Å². The molecule has 0 aliphatic heterocycles. The Hall–Kier alpha value is -0.550. The van der Waals surface area contributed by atoms with E-state index < -0.39 is 13.0 Å². The Morgan fingerprint density at radius 3 is 2.15 bits per heavy atom. The van der Waals surface area contributed by atoms with Gasteiger partial charge in [-0.1, -0.05) is 28.1 Å². The quantitative estimate of drug-likeness (QED) is 0.785. The maximum Gasteiger partial charge on any atom is 0.522 e. The van der Waals surface area contributed by atoms with Gasteiger partial charge >= 0.3 is 6.36 Å². The Morgan fingerprint density at radius 2 is 1.69 bits per heavy atom. The highest BCUT2D eigenvalue weighted by Crippen LogP contribution is 2.19. The molecule has 0 spiro atoms. The third-order valence-corrected chi connectivity index (χ3v) is 1.84. The van der Waals surface area contributed by atoms with Crippen molar-refractivity contribution in [2.45, 2.75) is 13.0 Å². The highest BCUT2D eigenvalue weighted by molar-refractivity contribution is 9.10. The van der Waals surface area contributed by atoms with Crippen LogP contribution in [0.1, 0.15) is 5.56 Å². The second-order valence-electron chi connectivity index (χ2n) is 2.36. The lowest BCUT2D eigenvalue weighted by Gasteiger charge is -2.06. The summed E-state index contributed by atoms with van der Waals surface area (Å²) in [5, 5.41) is 0. The van der Waals surface area contributed by atoms with E-state index in [0.717, 1.165) is 4.47 Å². The fourth-order valence-electron chi connectivity index (χ4n) is 0.746. The molecule has 0 aliphatic carbocycles. The number of rotatable bonds is 2. The summed E-state index contributed by atoms with van der Waals surface area (Å²) >= 11 is 3.17. The molecule has 0 radical (unpaired) electrons. The number of alkyl halides is 3. The zero-order valence-electron chi connectivity index (χ0n) is 6.44. The van der Waals surface area contributed by atoms with Gasteiger partial charge < -0.3 is 0 Å². The van der Waals surface area contributed by atoms with Gasteiger partial charge in [-0.05, 0) is 17.7 Å². The summed E-state index contributed by atoms with van der Waals surface area (Å²) in [5.74, 6) is 0. The second-order valence-corrected chi connectivity index (χ2v) is 3.28. The number of hydrogen-bond donors (Lipinski definition) is 0. The number of hydrogen-bond acceptors (Lipinski definition) is 1. The normalized spacial score (nSPS) is 11.7. The van der Waals surface area contributed by atoms with Gasteiger partial charge in [-0.3, -0.25) is 4.74 Å². The molecule has 72 valence electrons. The predicted octanol–water partition coefficient (Wildman–Crippen LogP) is 3.49. The summed E-state index contributed by atoms with van der Waals surface area (Å²) in [7, 11) is 0. The summed E-state index contributed by atoms with van der Waals surface area (Å²) in [4.78, 5) is 0. The van der Waals surface area contributed by atoms with Crippen molar-refractivity contribution in [3.05, 3.63) is 34.3 Å². The predicted molar refractivity (Wildman–Crippen MR) is 45.0 cm³/mol. The van der Waals surface area contributed by atoms with Crippen LogP contribution in [0.2, 0.25) is 0 Å². The molecule has 0 saturated carbocycles. The molecule has 0 N–H and O–H groups in total. The summed E-state index contributed by atoms with van der Waals surface area (Å²) in [6.45, 7) is -0.448. The standard InChI is InChI=1S/C8H6BrF3O/c9-7-3-1-6(2-4-7)5-13-8(10,11)12/h1-4H,5H2. The molecule has 0 atom stereocenters. The molecular weight excluding hydrogens is 249 g/mol. The highest BCUT2D eigenvalue weighted by atomic mass is 79.9. The molecule has 0 aliphatic rings. The third kappa shape index (κ3) is 4.28. The van der Waals surface area contributed by atoms with Crippen LogP contribution in [0, 0.1) is 0 Å². The van der Waals surface area contributed by atoms with Gasteiger partial charge in [-0.15, -0.1) is 13.2 Å². The third-order valence-electron chi connectivity index (χ3n) is 1.32. The van der Waals surface area contributed by atoms with Gasteiger partial charge in [0.2, 0.25) is 0 Å². The molecule has 0 saturated heterocycles.